The minimum absolute atomic E-state index is 0.0168. The second-order valence-corrected chi connectivity index (χ2v) is 14.6. The summed E-state index contributed by atoms with van der Waals surface area (Å²) in [4.78, 5) is 30.1. The van der Waals surface area contributed by atoms with Crippen LogP contribution >= 0.6 is 23.2 Å². The van der Waals surface area contributed by atoms with Gasteiger partial charge in [0, 0.05) is 41.2 Å². The van der Waals surface area contributed by atoms with Gasteiger partial charge in [-0.05, 0) is 54.8 Å². The summed E-state index contributed by atoms with van der Waals surface area (Å²) in [5, 5.41) is 3.57. The predicted octanol–water partition coefficient (Wildman–Crippen LogP) is 6.93. The van der Waals surface area contributed by atoms with Gasteiger partial charge in [-0.1, -0.05) is 91.1 Å². The first-order chi connectivity index (χ1) is 23.3. The number of benzene rings is 4. The number of nitrogens with zero attached hydrogens (tertiary/aromatic N) is 2. The molecule has 0 spiro atoms. The van der Waals surface area contributed by atoms with Crippen LogP contribution in [0.2, 0.25) is 10.0 Å². The molecule has 0 saturated heterocycles. The molecule has 0 fully saturated rings. The van der Waals surface area contributed by atoms with E-state index in [4.69, 9.17) is 32.7 Å². The van der Waals surface area contributed by atoms with Gasteiger partial charge in [0.05, 0.1) is 24.8 Å². The van der Waals surface area contributed by atoms with Crippen LogP contribution in [0, 0.1) is 12.8 Å². The van der Waals surface area contributed by atoms with Crippen molar-refractivity contribution in [1.82, 2.24) is 10.2 Å². The average Bonchev–Trinajstić information content (AvgIpc) is 3.08. The fraction of sp³-hybridized carbons (Fsp3) is 0.297. The molecule has 2 amide bonds. The Morgan fingerprint density at radius 2 is 1.47 bits per heavy atom. The molecule has 0 bridgehead atoms. The maximum Gasteiger partial charge on any atom is 0.264 e. The van der Waals surface area contributed by atoms with Crippen molar-refractivity contribution in [1.29, 1.82) is 0 Å². The van der Waals surface area contributed by atoms with Crippen molar-refractivity contribution in [3.8, 4) is 11.5 Å². The van der Waals surface area contributed by atoms with Crippen LogP contribution in [-0.2, 0) is 32.6 Å². The number of hydrogen-bond acceptors (Lipinski definition) is 6. The third-order valence-electron chi connectivity index (χ3n) is 7.89. The Bertz CT molecular complexity index is 1830. The lowest BCUT2D eigenvalue weighted by Gasteiger charge is -2.34. The van der Waals surface area contributed by atoms with E-state index in [0.29, 0.717) is 27.9 Å². The molecule has 0 radical (unpaired) electrons. The Kier molecular flexibility index (Phi) is 13.0. The summed E-state index contributed by atoms with van der Waals surface area (Å²) in [6, 6.07) is 24.2. The second kappa shape index (κ2) is 16.9. The molecule has 0 heterocycles. The average molecular weight is 727 g/mol. The summed E-state index contributed by atoms with van der Waals surface area (Å²) in [6.45, 7) is 5.34. The number of ether oxygens (including phenoxy) is 2. The first-order valence-electron chi connectivity index (χ1n) is 15.7. The monoisotopic (exact) mass is 725 g/mol. The Hall–Kier alpha value is -4.25. The third kappa shape index (κ3) is 9.47. The van der Waals surface area contributed by atoms with Gasteiger partial charge in [-0.2, -0.15) is 0 Å². The van der Waals surface area contributed by atoms with E-state index in [0.717, 1.165) is 15.4 Å². The molecular formula is C37H41Cl2N3O6S. The quantitative estimate of drug-likeness (QED) is 0.143. The third-order valence-corrected chi connectivity index (χ3v) is 10.4. The van der Waals surface area contributed by atoms with E-state index >= 15 is 0 Å². The van der Waals surface area contributed by atoms with Gasteiger partial charge in [0.2, 0.25) is 11.8 Å². The van der Waals surface area contributed by atoms with E-state index in [1.165, 1.54) is 43.4 Å². The molecule has 0 saturated carbocycles. The number of nitrogens with one attached hydrogen (secondary N) is 1. The lowest BCUT2D eigenvalue weighted by Crippen LogP contribution is -2.53. The number of halogens is 2. The zero-order valence-electron chi connectivity index (χ0n) is 28.2. The van der Waals surface area contributed by atoms with Crippen molar-refractivity contribution < 1.29 is 27.5 Å². The molecule has 9 nitrogen and oxygen atoms in total. The normalized spacial score (nSPS) is 11.9. The zero-order chi connectivity index (χ0) is 35.7. The molecule has 0 aliphatic carbocycles. The van der Waals surface area contributed by atoms with E-state index in [1.807, 2.05) is 51.1 Å². The van der Waals surface area contributed by atoms with E-state index < -0.39 is 34.4 Å². The largest absolute Gasteiger partial charge is 0.493 e. The van der Waals surface area contributed by atoms with Crippen molar-refractivity contribution in [3.63, 3.8) is 0 Å². The van der Waals surface area contributed by atoms with Crippen molar-refractivity contribution in [2.24, 2.45) is 5.92 Å². The number of amides is 2. The number of aryl methyl sites for hydroxylation is 1. The summed E-state index contributed by atoms with van der Waals surface area (Å²) >= 11 is 13.2. The topological polar surface area (TPSA) is 105 Å². The smallest absolute Gasteiger partial charge is 0.264 e. The molecule has 1 atom stereocenters. The Morgan fingerprint density at radius 3 is 2.06 bits per heavy atom. The number of anilines is 1. The maximum absolute atomic E-state index is 14.7. The van der Waals surface area contributed by atoms with Gasteiger partial charge in [0.1, 0.15) is 12.6 Å². The van der Waals surface area contributed by atoms with Crippen LogP contribution in [0.5, 0.6) is 11.5 Å². The minimum atomic E-state index is -4.32. The van der Waals surface area contributed by atoms with Crippen LogP contribution in [0.25, 0.3) is 0 Å². The first kappa shape index (κ1) is 37.6. The molecule has 49 heavy (non-hydrogen) atoms. The number of carbonyl (C=O) groups is 2. The van der Waals surface area contributed by atoms with E-state index in [1.54, 1.807) is 36.4 Å². The van der Waals surface area contributed by atoms with Gasteiger partial charge in [0.25, 0.3) is 10.0 Å². The SMILES string of the molecule is COc1ccc(N(CC(=O)N(Cc2c(Cl)cccc2Cl)C(Cc2ccccc2)C(=O)NCC(C)C)S(=O)(=O)c2ccc(C)cc2)cc1OC. The van der Waals surface area contributed by atoms with Gasteiger partial charge >= 0.3 is 0 Å². The summed E-state index contributed by atoms with van der Waals surface area (Å²) in [7, 11) is -1.42. The van der Waals surface area contributed by atoms with Crippen molar-refractivity contribution in [2.75, 3.05) is 31.6 Å². The van der Waals surface area contributed by atoms with Crippen molar-refractivity contribution in [2.45, 2.75) is 44.7 Å². The molecule has 4 rings (SSSR count). The lowest BCUT2D eigenvalue weighted by atomic mass is 10.0. The van der Waals surface area contributed by atoms with Crippen LogP contribution in [0.4, 0.5) is 5.69 Å². The van der Waals surface area contributed by atoms with Crippen LogP contribution in [0.1, 0.15) is 30.5 Å². The molecular weight excluding hydrogens is 685 g/mol. The Labute approximate surface area is 298 Å². The van der Waals surface area contributed by atoms with Crippen LogP contribution < -0.4 is 19.1 Å². The summed E-state index contributed by atoms with van der Waals surface area (Å²) in [5.41, 5.74) is 2.25. The molecule has 0 aliphatic rings. The number of hydrogen-bond donors (Lipinski definition) is 1. The highest BCUT2D eigenvalue weighted by Crippen LogP contribution is 2.34. The highest BCUT2D eigenvalue weighted by atomic mass is 35.5. The van der Waals surface area contributed by atoms with Gasteiger partial charge in [0.15, 0.2) is 11.5 Å². The van der Waals surface area contributed by atoms with Crippen molar-refractivity contribution in [3.05, 3.63) is 118 Å². The predicted molar refractivity (Wildman–Crippen MR) is 194 cm³/mol. The molecule has 0 aromatic heterocycles. The number of methoxy groups -OCH3 is 2. The molecule has 4 aromatic rings. The van der Waals surface area contributed by atoms with E-state index in [2.05, 4.69) is 5.32 Å². The first-order valence-corrected chi connectivity index (χ1v) is 17.9. The molecule has 1 N–H and O–H groups in total. The Balaban J connectivity index is 1.87. The van der Waals surface area contributed by atoms with Crippen LogP contribution in [0.15, 0.2) is 95.9 Å². The number of carbonyl (C=O) groups excluding carboxylic acids is 2. The highest BCUT2D eigenvalue weighted by molar-refractivity contribution is 7.92. The summed E-state index contributed by atoms with van der Waals surface area (Å²) in [6.07, 6.45) is 0.152. The Morgan fingerprint density at radius 1 is 0.837 bits per heavy atom. The van der Waals surface area contributed by atoms with Crippen LogP contribution in [-0.4, -0.2) is 58.5 Å². The molecule has 260 valence electrons. The molecule has 4 aromatic carbocycles. The maximum atomic E-state index is 14.7. The summed E-state index contributed by atoms with van der Waals surface area (Å²) in [5.74, 6) is -0.254. The highest BCUT2D eigenvalue weighted by Gasteiger charge is 2.35. The van der Waals surface area contributed by atoms with Gasteiger partial charge in [-0.25, -0.2) is 8.42 Å². The van der Waals surface area contributed by atoms with Gasteiger partial charge in [-0.15, -0.1) is 0 Å². The number of rotatable bonds is 15. The van der Waals surface area contributed by atoms with Crippen LogP contribution in [0.3, 0.4) is 0 Å². The second-order valence-electron chi connectivity index (χ2n) is 11.9. The molecule has 1 unspecified atom stereocenters. The lowest BCUT2D eigenvalue weighted by molar-refractivity contribution is -0.140. The summed E-state index contributed by atoms with van der Waals surface area (Å²) < 4.78 is 40.6. The van der Waals surface area contributed by atoms with E-state index in [-0.39, 0.29) is 35.2 Å². The fourth-order valence-corrected chi connectivity index (χ4v) is 7.10. The molecule has 0 aliphatic heterocycles. The minimum Gasteiger partial charge on any atom is -0.493 e. The van der Waals surface area contributed by atoms with Crippen molar-refractivity contribution >= 4 is 50.7 Å². The number of sulfonamides is 1. The molecule has 12 heteroatoms. The van der Waals surface area contributed by atoms with Gasteiger partial charge < -0.3 is 19.7 Å². The standard InChI is InChI=1S/C37H41Cl2N3O6S/c1-25(2)22-40-37(44)33(20-27-10-7-6-8-11-27)41(23-30-31(38)12-9-13-32(30)39)36(43)24-42(28-16-19-34(47-4)35(21-28)48-5)49(45,46)29-17-14-26(3)15-18-29/h6-19,21,25,33H,20,22-24H2,1-5H3,(H,40,44). The van der Waals surface area contributed by atoms with E-state index in [9.17, 15) is 18.0 Å². The fourth-order valence-electron chi connectivity index (χ4n) is 5.18. The van der Waals surface area contributed by atoms with Gasteiger partial charge in [-0.3, -0.25) is 13.9 Å². The zero-order valence-corrected chi connectivity index (χ0v) is 30.5.